The molecule has 25 heavy (non-hydrogen) atoms. The van der Waals surface area contributed by atoms with Gasteiger partial charge in [0.1, 0.15) is 5.75 Å². The molecular weight excluding hydrogens is 318 g/mol. The zero-order valence-electron chi connectivity index (χ0n) is 13.9. The summed E-state index contributed by atoms with van der Waals surface area (Å²) in [7, 11) is 1.64. The van der Waals surface area contributed by atoms with Crippen molar-refractivity contribution in [3.05, 3.63) is 76.3 Å². The first-order valence-electron chi connectivity index (χ1n) is 7.70. The minimum Gasteiger partial charge on any atom is -0.497 e. The Morgan fingerprint density at radius 1 is 1.08 bits per heavy atom. The van der Waals surface area contributed by atoms with Crippen LogP contribution in [0.3, 0.4) is 0 Å². The summed E-state index contributed by atoms with van der Waals surface area (Å²) >= 11 is 0. The molecule has 0 unspecified atom stereocenters. The molecule has 0 spiro atoms. The molecule has 0 amide bonds. The van der Waals surface area contributed by atoms with E-state index in [1.165, 1.54) is 12.1 Å². The molecule has 0 aliphatic carbocycles. The van der Waals surface area contributed by atoms with Gasteiger partial charge in [0.05, 0.1) is 23.4 Å². The molecule has 1 N–H and O–H groups in total. The minimum absolute atomic E-state index is 0.0255. The molecular formula is C19H17N3O3. The Labute approximate surface area is 144 Å². The highest BCUT2D eigenvalue weighted by atomic mass is 16.6. The fourth-order valence-electron chi connectivity index (χ4n) is 2.48. The van der Waals surface area contributed by atoms with E-state index in [9.17, 15) is 10.1 Å². The first kappa shape index (κ1) is 16.4. The number of benzene rings is 3. The molecule has 6 heteroatoms. The third-order valence-electron chi connectivity index (χ3n) is 3.87. The molecule has 0 aromatic heterocycles. The number of nitrogens with one attached hydrogen (secondary N) is 1. The third-order valence-corrected chi connectivity index (χ3v) is 3.87. The topological polar surface area (TPSA) is 76.8 Å². The fraction of sp³-hybridized carbons (Fsp3) is 0.105. The van der Waals surface area contributed by atoms with Crippen LogP contribution in [0.1, 0.15) is 12.5 Å². The van der Waals surface area contributed by atoms with Crippen LogP contribution in [0.15, 0.2) is 65.8 Å². The van der Waals surface area contributed by atoms with Gasteiger partial charge in [-0.15, -0.1) is 0 Å². The smallest absolute Gasteiger partial charge is 0.271 e. The van der Waals surface area contributed by atoms with Crippen LogP contribution in [0.25, 0.3) is 10.8 Å². The largest absolute Gasteiger partial charge is 0.497 e. The van der Waals surface area contributed by atoms with E-state index in [2.05, 4.69) is 10.5 Å². The third kappa shape index (κ3) is 3.74. The number of non-ortho nitro benzene ring substituents is 1. The molecule has 3 aromatic carbocycles. The molecule has 0 bridgehead atoms. The highest BCUT2D eigenvalue weighted by Gasteiger charge is 2.05. The number of nitrogens with zero attached hydrogens (tertiary/aromatic N) is 2. The second-order valence-electron chi connectivity index (χ2n) is 5.54. The molecule has 0 saturated heterocycles. The van der Waals surface area contributed by atoms with Gasteiger partial charge in [-0.25, -0.2) is 0 Å². The van der Waals surface area contributed by atoms with E-state index < -0.39 is 4.92 Å². The molecule has 0 aliphatic heterocycles. The molecule has 3 aromatic rings. The normalized spacial score (nSPS) is 11.4. The van der Waals surface area contributed by atoms with Gasteiger partial charge >= 0.3 is 0 Å². The summed E-state index contributed by atoms with van der Waals surface area (Å²) < 4.78 is 5.23. The first-order valence-corrected chi connectivity index (χ1v) is 7.70. The van der Waals surface area contributed by atoms with Crippen LogP contribution >= 0.6 is 0 Å². The van der Waals surface area contributed by atoms with E-state index >= 15 is 0 Å². The zero-order chi connectivity index (χ0) is 17.8. The standard InChI is InChI=1S/C19H17N3O3/c1-13(20-21-17-4-3-5-18(12-17)22(23)24)14-6-7-16-11-19(25-2)9-8-15(16)10-14/h3-12,21H,1-2H3/b20-13+. The van der Waals surface area contributed by atoms with Crippen LogP contribution < -0.4 is 10.2 Å². The van der Waals surface area contributed by atoms with E-state index in [4.69, 9.17) is 4.74 Å². The highest BCUT2D eigenvalue weighted by molar-refractivity contribution is 6.02. The molecule has 0 fully saturated rings. The molecule has 0 atom stereocenters. The minimum atomic E-state index is -0.431. The van der Waals surface area contributed by atoms with Crippen molar-refractivity contribution < 1.29 is 9.66 Å². The van der Waals surface area contributed by atoms with E-state index in [1.54, 1.807) is 19.2 Å². The number of methoxy groups -OCH3 is 1. The van der Waals surface area contributed by atoms with Crippen molar-refractivity contribution in [1.29, 1.82) is 0 Å². The van der Waals surface area contributed by atoms with E-state index in [1.807, 2.05) is 43.3 Å². The first-order chi connectivity index (χ1) is 12.1. The predicted molar refractivity (Wildman–Crippen MR) is 99.4 cm³/mol. The van der Waals surface area contributed by atoms with Gasteiger partial charge in [0.25, 0.3) is 5.69 Å². The lowest BCUT2D eigenvalue weighted by Crippen LogP contribution is -2.00. The van der Waals surface area contributed by atoms with Gasteiger partial charge in [-0.3, -0.25) is 15.5 Å². The summed E-state index contributed by atoms with van der Waals surface area (Å²) in [6.45, 7) is 1.88. The number of hydrogen-bond acceptors (Lipinski definition) is 5. The molecule has 126 valence electrons. The van der Waals surface area contributed by atoms with E-state index in [0.29, 0.717) is 5.69 Å². The lowest BCUT2D eigenvalue weighted by atomic mass is 10.0. The maximum Gasteiger partial charge on any atom is 0.271 e. The average Bonchev–Trinajstić information content (AvgIpc) is 2.65. The van der Waals surface area contributed by atoms with Crippen molar-refractivity contribution in [1.82, 2.24) is 0 Å². The summed E-state index contributed by atoms with van der Waals surface area (Å²) in [6, 6.07) is 18.2. The maximum atomic E-state index is 10.8. The molecule has 0 saturated carbocycles. The van der Waals surface area contributed by atoms with Gasteiger partial charge in [-0.1, -0.05) is 24.3 Å². The monoisotopic (exact) mass is 335 g/mol. The second kappa shape index (κ2) is 7.00. The Kier molecular flexibility index (Phi) is 4.61. The highest BCUT2D eigenvalue weighted by Crippen LogP contribution is 2.22. The van der Waals surface area contributed by atoms with E-state index in [-0.39, 0.29) is 5.69 Å². The molecule has 0 radical (unpaired) electrons. The fourth-order valence-corrected chi connectivity index (χ4v) is 2.48. The Morgan fingerprint density at radius 3 is 2.60 bits per heavy atom. The number of nitro benzene ring substituents is 1. The number of anilines is 1. The number of ether oxygens (including phenoxy) is 1. The van der Waals surface area contributed by atoms with Crippen molar-refractivity contribution in [3.8, 4) is 5.75 Å². The Morgan fingerprint density at radius 2 is 1.84 bits per heavy atom. The van der Waals surface area contributed by atoms with Crippen molar-refractivity contribution in [3.63, 3.8) is 0 Å². The quantitative estimate of drug-likeness (QED) is 0.420. The maximum absolute atomic E-state index is 10.8. The summed E-state index contributed by atoms with van der Waals surface area (Å²) in [6.07, 6.45) is 0. The summed E-state index contributed by atoms with van der Waals surface area (Å²) in [5.41, 5.74) is 5.21. The lowest BCUT2D eigenvalue weighted by molar-refractivity contribution is -0.384. The molecule has 6 nitrogen and oxygen atoms in total. The number of rotatable bonds is 5. The predicted octanol–water partition coefficient (Wildman–Crippen LogP) is 4.59. The summed E-state index contributed by atoms with van der Waals surface area (Å²) in [5.74, 6) is 0.818. The van der Waals surface area contributed by atoms with Crippen molar-refractivity contribution in [2.45, 2.75) is 6.92 Å². The Hall–Kier alpha value is -3.41. The molecule has 3 rings (SSSR count). The number of nitro groups is 1. The van der Waals surface area contributed by atoms with E-state index in [0.717, 1.165) is 27.8 Å². The Balaban J connectivity index is 1.83. The van der Waals surface area contributed by atoms with Crippen LogP contribution in [0.2, 0.25) is 0 Å². The second-order valence-corrected chi connectivity index (χ2v) is 5.54. The van der Waals surface area contributed by atoms with Gasteiger partial charge in [0, 0.05) is 12.1 Å². The van der Waals surface area contributed by atoms with Gasteiger partial charge in [-0.05, 0) is 47.5 Å². The van der Waals surface area contributed by atoms with Gasteiger partial charge in [0.2, 0.25) is 0 Å². The lowest BCUT2D eigenvalue weighted by Gasteiger charge is -2.06. The van der Waals surface area contributed by atoms with Gasteiger partial charge in [0.15, 0.2) is 0 Å². The van der Waals surface area contributed by atoms with Gasteiger partial charge in [-0.2, -0.15) is 5.10 Å². The van der Waals surface area contributed by atoms with Crippen molar-refractivity contribution in [2.75, 3.05) is 12.5 Å². The van der Waals surface area contributed by atoms with Crippen molar-refractivity contribution in [2.24, 2.45) is 5.10 Å². The molecule has 0 heterocycles. The van der Waals surface area contributed by atoms with Crippen LogP contribution in [-0.4, -0.2) is 17.7 Å². The SMILES string of the molecule is COc1ccc2cc(/C(C)=N/Nc3cccc([N+](=O)[O-])c3)ccc2c1. The van der Waals surface area contributed by atoms with Crippen LogP contribution in [0.5, 0.6) is 5.75 Å². The summed E-state index contributed by atoms with van der Waals surface area (Å²) in [5, 5.41) is 17.3. The van der Waals surface area contributed by atoms with Crippen LogP contribution in [0, 0.1) is 10.1 Å². The number of fused-ring (bicyclic) bond motifs is 1. The zero-order valence-corrected chi connectivity index (χ0v) is 13.9. The number of hydrazone groups is 1. The van der Waals surface area contributed by atoms with Crippen molar-refractivity contribution >= 4 is 27.9 Å². The number of hydrogen-bond donors (Lipinski definition) is 1. The Bertz CT molecular complexity index is 967. The molecule has 0 aliphatic rings. The van der Waals surface area contributed by atoms with Gasteiger partial charge < -0.3 is 4.74 Å². The average molecular weight is 335 g/mol. The van der Waals surface area contributed by atoms with Crippen LogP contribution in [0.4, 0.5) is 11.4 Å². The summed E-state index contributed by atoms with van der Waals surface area (Å²) in [4.78, 5) is 10.4. The van der Waals surface area contributed by atoms with Crippen LogP contribution in [-0.2, 0) is 0 Å².